The molecule has 17 heavy (non-hydrogen) atoms. The van der Waals surface area contributed by atoms with Gasteiger partial charge < -0.3 is 10.5 Å². The quantitative estimate of drug-likeness (QED) is 0.624. The van der Waals surface area contributed by atoms with Crippen molar-refractivity contribution in [3.05, 3.63) is 47.5 Å². The molecule has 0 heterocycles. The summed E-state index contributed by atoms with van der Waals surface area (Å²) in [6.07, 6.45) is 6.80. The fraction of sp³-hybridized carbons (Fsp3) is 0.467. The molecule has 92 valence electrons. The highest BCUT2D eigenvalue weighted by atomic mass is 16.5. The summed E-state index contributed by atoms with van der Waals surface area (Å²) in [4.78, 5) is 0. The number of hydrogen-bond acceptors (Lipinski definition) is 2. The summed E-state index contributed by atoms with van der Waals surface area (Å²) in [5.41, 5.74) is 8.61. The third-order valence-electron chi connectivity index (χ3n) is 3.16. The highest BCUT2D eigenvalue weighted by Gasteiger charge is 2.09. The number of hydrogen-bond donors (Lipinski definition) is 1. The first-order valence-corrected chi connectivity index (χ1v) is 6.41. The van der Waals surface area contributed by atoms with Crippen LogP contribution in [-0.4, -0.2) is 12.6 Å². The standard InChI is InChI=1S/C15H21NO/c16-15-8-4-7-13(11-15)9-10-17-12-14-5-2-1-3-6-14/h1-3,5-6,11,15H,4,7-10,12,16H2. The number of nitrogens with two attached hydrogens (primary N) is 1. The van der Waals surface area contributed by atoms with Gasteiger partial charge in [-0.3, -0.25) is 0 Å². The van der Waals surface area contributed by atoms with Gasteiger partial charge in [0.1, 0.15) is 0 Å². The number of ether oxygens (including phenoxy) is 1. The number of rotatable bonds is 5. The van der Waals surface area contributed by atoms with E-state index in [1.165, 1.54) is 24.0 Å². The third-order valence-corrected chi connectivity index (χ3v) is 3.16. The third kappa shape index (κ3) is 4.33. The molecule has 0 amide bonds. The second kappa shape index (κ2) is 6.58. The summed E-state index contributed by atoms with van der Waals surface area (Å²) in [7, 11) is 0. The van der Waals surface area contributed by atoms with Crippen LogP contribution in [-0.2, 0) is 11.3 Å². The average Bonchev–Trinajstić information content (AvgIpc) is 2.36. The van der Waals surface area contributed by atoms with Crippen molar-refractivity contribution in [1.29, 1.82) is 0 Å². The minimum absolute atomic E-state index is 0.271. The minimum atomic E-state index is 0.271. The molecule has 1 unspecified atom stereocenters. The molecule has 0 fully saturated rings. The molecule has 1 aromatic rings. The van der Waals surface area contributed by atoms with Crippen LogP contribution in [0.4, 0.5) is 0 Å². The van der Waals surface area contributed by atoms with Crippen LogP contribution >= 0.6 is 0 Å². The van der Waals surface area contributed by atoms with Crippen molar-refractivity contribution in [3.63, 3.8) is 0 Å². The van der Waals surface area contributed by atoms with E-state index in [4.69, 9.17) is 10.5 Å². The molecular weight excluding hydrogens is 210 g/mol. The van der Waals surface area contributed by atoms with Crippen LogP contribution in [0.25, 0.3) is 0 Å². The predicted octanol–water partition coefficient (Wildman–Crippen LogP) is 3.03. The van der Waals surface area contributed by atoms with Crippen LogP contribution in [0.5, 0.6) is 0 Å². The van der Waals surface area contributed by atoms with Gasteiger partial charge in [0, 0.05) is 6.04 Å². The fourth-order valence-electron chi connectivity index (χ4n) is 2.21. The first-order valence-electron chi connectivity index (χ1n) is 6.41. The van der Waals surface area contributed by atoms with Gasteiger partial charge in [-0.1, -0.05) is 42.0 Å². The average molecular weight is 231 g/mol. The summed E-state index contributed by atoms with van der Waals surface area (Å²) in [5.74, 6) is 0. The normalized spacial score (nSPS) is 20.1. The first-order chi connectivity index (χ1) is 8.34. The number of benzene rings is 1. The van der Waals surface area contributed by atoms with Crippen molar-refractivity contribution in [2.75, 3.05) is 6.61 Å². The molecule has 1 aliphatic rings. The van der Waals surface area contributed by atoms with Gasteiger partial charge in [0.05, 0.1) is 13.2 Å². The predicted molar refractivity (Wildman–Crippen MR) is 70.6 cm³/mol. The van der Waals surface area contributed by atoms with E-state index in [-0.39, 0.29) is 6.04 Å². The van der Waals surface area contributed by atoms with E-state index >= 15 is 0 Å². The van der Waals surface area contributed by atoms with E-state index in [1.54, 1.807) is 0 Å². The minimum Gasteiger partial charge on any atom is -0.376 e. The van der Waals surface area contributed by atoms with Crippen LogP contribution in [0, 0.1) is 0 Å². The molecule has 2 rings (SSSR count). The van der Waals surface area contributed by atoms with Crippen molar-refractivity contribution in [1.82, 2.24) is 0 Å². The molecule has 2 heteroatoms. The largest absolute Gasteiger partial charge is 0.376 e. The Hall–Kier alpha value is -1.12. The molecule has 1 atom stereocenters. The maximum Gasteiger partial charge on any atom is 0.0717 e. The summed E-state index contributed by atoms with van der Waals surface area (Å²) in [6, 6.07) is 10.6. The second-order valence-corrected chi connectivity index (χ2v) is 4.67. The Morgan fingerprint density at radius 2 is 2.06 bits per heavy atom. The highest BCUT2D eigenvalue weighted by molar-refractivity contribution is 5.13. The maximum absolute atomic E-state index is 5.90. The lowest BCUT2D eigenvalue weighted by Crippen LogP contribution is -2.20. The lowest BCUT2D eigenvalue weighted by Gasteiger charge is -2.17. The van der Waals surface area contributed by atoms with E-state index in [1.807, 2.05) is 18.2 Å². The zero-order valence-electron chi connectivity index (χ0n) is 10.3. The molecule has 0 bridgehead atoms. The maximum atomic E-state index is 5.90. The van der Waals surface area contributed by atoms with Crippen LogP contribution in [0.3, 0.4) is 0 Å². The van der Waals surface area contributed by atoms with Crippen molar-refractivity contribution >= 4 is 0 Å². The Balaban J connectivity index is 1.66. The van der Waals surface area contributed by atoms with Crippen molar-refractivity contribution < 1.29 is 4.74 Å². The van der Waals surface area contributed by atoms with Gasteiger partial charge in [0.25, 0.3) is 0 Å². The molecule has 0 spiro atoms. The second-order valence-electron chi connectivity index (χ2n) is 4.67. The summed E-state index contributed by atoms with van der Waals surface area (Å²) in [5, 5.41) is 0. The Morgan fingerprint density at radius 1 is 1.24 bits per heavy atom. The molecule has 2 N–H and O–H groups in total. The topological polar surface area (TPSA) is 35.2 Å². The van der Waals surface area contributed by atoms with Gasteiger partial charge in [-0.05, 0) is 31.2 Å². The molecule has 2 nitrogen and oxygen atoms in total. The van der Waals surface area contributed by atoms with E-state index in [2.05, 4.69) is 18.2 Å². The van der Waals surface area contributed by atoms with E-state index in [9.17, 15) is 0 Å². The van der Waals surface area contributed by atoms with Gasteiger partial charge in [0.15, 0.2) is 0 Å². The summed E-state index contributed by atoms with van der Waals surface area (Å²) < 4.78 is 5.68. The van der Waals surface area contributed by atoms with Gasteiger partial charge in [-0.25, -0.2) is 0 Å². The van der Waals surface area contributed by atoms with E-state index < -0.39 is 0 Å². The fourth-order valence-corrected chi connectivity index (χ4v) is 2.21. The molecule has 1 aromatic carbocycles. The molecule has 1 aliphatic carbocycles. The lowest BCUT2D eigenvalue weighted by molar-refractivity contribution is 0.123. The zero-order valence-corrected chi connectivity index (χ0v) is 10.3. The van der Waals surface area contributed by atoms with Crippen molar-refractivity contribution in [2.45, 2.75) is 38.3 Å². The molecule has 0 aliphatic heterocycles. The Labute approximate surface area is 103 Å². The Kier molecular flexibility index (Phi) is 4.77. The van der Waals surface area contributed by atoms with Gasteiger partial charge in [0.2, 0.25) is 0 Å². The van der Waals surface area contributed by atoms with Gasteiger partial charge in [-0.2, -0.15) is 0 Å². The summed E-state index contributed by atoms with van der Waals surface area (Å²) in [6.45, 7) is 1.51. The molecule has 0 saturated carbocycles. The highest BCUT2D eigenvalue weighted by Crippen LogP contribution is 2.19. The first kappa shape index (κ1) is 12.3. The van der Waals surface area contributed by atoms with Gasteiger partial charge >= 0.3 is 0 Å². The van der Waals surface area contributed by atoms with Crippen LogP contribution in [0.15, 0.2) is 42.0 Å². The molecular formula is C15H21NO. The smallest absolute Gasteiger partial charge is 0.0717 e. The van der Waals surface area contributed by atoms with Gasteiger partial charge in [-0.15, -0.1) is 0 Å². The zero-order chi connectivity index (χ0) is 11.9. The lowest BCUT2D eigenvalue weighted by atomic mass is 9.94. The molecule has 0 aromatic heterocycles. The van der Waals surface area contributed by atoms with E-state index in [0.29, 0.717) is 6.61 Å². The monoisotopic (exact) mass is 231 g/mol. The van der Waals surface area contributed by atoms with Crippen LogP contribution in [0.1, 0.15) is 31.2 Å². The van der Waals surface area contributed by atoms with Crippen LogP contribution < -0.4 is 5.73 Å². The van der Waals surface area contributed by atoms with Crippen LogP contribution in [0.2, 0.25) is 0 Å². The SMILES string of the molecule is NC1C=C(CCOCc2ccccc2)CCC1. The molecule has 0 radical (unpaired) electrons. The Morgan fingerprint density at radius 3 is 2.82 bits per heavy atom. The van der Waals surface area contributed by atoms with Crippen molar-refractivity contribution in [3.8, 4) is 0 Å². The van der Waals surface area contributed by atoms with E-state index in [0.717, 1.165) is 19.4 Å². The summed E-state index contributed by atoms with van der Waals surface area (Å²) >= 11 is 0. The van der Waals surface area contributed by atoms with Crippen molar-refractivity contribution in [2.24, 2.45) is 5.73 Å². The molecule has 0 saturated heterocycles. The Bertz CT molecular complexity index is 358.